The van der Waals surface area contributed by atoms with Crippen LogP contribution in [-0.2, 0) is 11.3 Å². The molecule has 2 heterocycles. The highest BCUT2D eigenvalue weighted by Crippen LogP contribution is 2.28. The number of nitriles is 1. The van der Waals surface area contributed by atoms with Crippen molar-refractivity contribution in [2.24, 2.45) is 11.7 Å². The molecular weight excluding hydrogens is 446 g/mol. The number of ketones is 1. The summed E-state index contributed by atoms with van der Waals surface area (Å²) in [6.07, 6.45) is 1.75. The maximum Gasteiger partial charge on any atom is 0.196 e. The van der Waals surface area contributed by atoms with E-state index in [0.717, 1.165) is 11.0 Å². The van der Waals surface area contributed by atoms with Gasteiger partial charge in [-0.3, -0.25) is 9.36 Å². The van der Waals surface area contributed by atoms with Gasteiger partial charge >= 0.3 is 0 Å². The summed E-state index contributed by atoms with van der Waals surface area (Å²) in [4.78, 5) is 16.9. The Bertz CT molecular complexity index is 1350. The van der Waals surface area contributed by atoms with Gasteiger partial charge in [0.15, 0.2) is 16.8 Å². The summed E-state index contributed by atoms with van der Waals surface area (Å²) < 4.78 is 3.78. The van der Waals surface area contributed by atoms with Crippen LogP contribution in [0.1, 0.15) is 5.82 Å². The SMILES string of the molecule is C=C(N)[C@H](C#N)C(=O)CSc1nnc(Cn2cnc3ccccc32)n1-c1ccccc1Cl. The van der Waals surface area contributed by atoms with Gasteiger partial charge in [0.1, 0.15) is 5.92 Å². The van der Waals surface area contributed by atoms with Crippen molar-refractivity contribution < 1.29 is 4.79 Å². The second-order valence-electron chi connectivity index (χ2n) is 6.94. The fraction of sp³-hybridized carbons (Fsp3) is 0.136. The Morgan fingerprint density at radius 1 is 1.22 bits per heavy atom. The molecule has 2 aromatic carbocycles. The molecule has 4 rings (SSSR count). The van der Waals surface area contributed by atoms with Crippen LogP contribution in [0.25, 0.3) is 16.7 Å². The summed E-state index contributed by atoms with van der Waals surface area (Å²) in [5, 5.41) is 18.8. The van der Waals surface area contributed by atoms with Gasteiger partial charge < -0.3 is 10.3 Å². The van der Waals surface area contributed by atoms with Crippen molar-refractivity contribution in [2.75, 3.05) is 5.75 Å². The minimum absolute atomic E-state index is 0.00889. The molecule has 2 N–H and O–H groups in total. The van der Waals surface area contributed by atoms with Gasteiger partial charge in [0, 0.05) is 5.70 Å². The second-order valence-corrected chi connectivity index (χ2v) is 8.29. The van der Waals surface area contributed by atoms with E-state index in [1.165, 1.54) is 11.8 Å². The molecule has 0 bridgehead atoms. The van der Waals surface area contributed by atoms with Gasteiger partial charge in [0.2, 0.25) is 0 Å². The van der Waals surface area contributed by atoms with E-state index in [1.807, 2.05) is 57.7 Å². The summed E-state index contributed by atoms with van der Waals surface area (Å²) in [5.41, 5.74) is 8.13. The summed E-state index contributed by atoms with van der Waals surface area (Å²) in [6.45, 7) is 3.91. The summed E-state index contributed by atoms with van der Waals surface area (Å²) >= 11 is 7.64. The lowest BCUT2D eigenvalue weighted by Crippen LogP contribution is -2.21. The Hall–Kier alpha value is -3.61. The molecule has 0 unspecified atom stereocenters. The minimum atomic E-state index is -1.06. The number of para-hydroxylation sites is 3. The summed E-state index contributed by atoms with van der Waals surface area (Å²) in [5.74, 6) is -0.793. The first-order valence-corrected chi connectivity index (χ1v) is 10.9. The Morgan fingerprint density at radius 2 is 1.97 bits per heavy atom. The number of rotatable bonds is 8. The normalized spacial score (nSPS) is 11.9. The maximum absolute atomic E-state index is 12.4. The van der Waals surface area contributed by atoms with Crippen molar-refractivity contribution in [3.63, 3.8) is 0 Å². The summed E-state index contributed by atoms with van der Waals surface area (Å²) in [6, 6.07) is 17.0. The summed E-state index contributed by atoms with van der Waals surface area (Å²) in [7, 11) is 0. The lowest BCUT2D eigenvalue weighted by atomic mass is 10.1. The predicted molar refractivity (Wildman–Crippen MR) is 123 cm³/mol. The lowest BCUT2D eigenvalue weighted by Gasteiger charge is -2.13. The van der Waals surface area contributed by atoms with E-state index < -0.39 is 5.92 Å². The van der Waals surface area contributed by atoms with Crippen LogP contribution in [0.15, 0.2) is 72.3 Å². The first-order chi connectivity index (χ1) is 15.5. The smallest absolute Gasteiger partial charge is 0.196 e. The molecule has 10 heteroatoms. The van der Waals surface area contributed by atoms with E-state index in [4.69, 9.17) is 17.3 Å². The Kier molecular flexibility index (Phi) is 6.25. The van der Waals surface area contributed by atoms with Gasteiger partial charge in [-0.15, -0.1) is 10.2 Å². The van der Waals surface area contributed by atoms with Crippen molar-refractivity contribution in [2.45, 2.75) is 11.7 Å². The van der Waals surface area contributed by atoms with E-state index >= 15 is 0 Å². The van der Waals surface area contributed by atoms with Crippen molar-refractivity contribution in [1.29, 1.82) is 5.26 Å². The Labute approximate surface area is 193 Å². The Balaban J connectivity index is 1.70. The minimum Gasteiger partial charge on any atom is -0.401 e. The van der Waals surface area contributed by atoms with Crippen molar-refractivity contribution in [1.82, 2.24) is 24.3 Å². The van der Waals surface area contributed by atoms with E-state index in [-0.39, 0.29) is 17.2 Å². The molecule has 0 amide bonds. The molecule has 2 aromatic heterocycles. The van der Waals surface area contributed by atoms with Gasteiger partial charge in [-0.1, -0.05) is 54.2 Å². The van der Waals surface area contributed by atoms with Crippen LogP contribution in [0, 0.1) is 17.2 Å². The maximum atomic E-state index is 12.4. The molecule has 0 saturated heterocycles. The number of carbonyl (C=O) groups excluding carboxylic acids is 1. The van der Waals surface area contributed by atoms with E-state index in [2.05, 4.69) is 21.8 Å². The quantitative estimate of drug-likeness (QED) is 0.397. The number of thioether (sulfide) groups is 1. The number of fused-ring (bicyclic) bond motifs is 1. The highest BCUT2D eigenvalue weighted by molar-refractivity contribution is 7.99. The number of halogens is 1. The molecule has 32 heavy (non-hydrogen) atoms. The zero-order valence-corrected chi connectivity index (χ0v) is 18.4. The first kappa shape index (κ1) is 21.6. The number of carbonyl (C=O) groups is 1. The molecule has 0 aliphatic heterocycles. The highest BCUT2D eigenvalue weighted by atomic mass is 35.5. The topological polar surface area (TPSA) is 115 Å². The fourth-order valence-corrected chi connectivity index (χ4v) is 4.33. The fourth-order valence-electron chi connectivity index (χ4n) is 3.24. The van der Waals surface area contributed by atoms with E-state index in [0.29, 0.717) is 28.2 Å². The monoisotopic (exact) mass is 463 g/mol. The van der Waals surface area contributed by atoms with Crippen LogP contribution in [0.5, 0.6) is 0 Å². The predicted octanol–water partition coefficient (Wildman–Crippen LogP) is 3.59. The van der Waals surface area contributed by atoms with Gasteiger partial charge in [-0.25, -0.2) is 4.98 Å². The molecule has 0 aliphatic carbocycles. The number of Topliss-reactive ketones (excluding diaryl/α,β-unsaturated/α-hetero) is 1. The number of imidazole rings is 1. The van der Waals surface area contributed by atoms with Crippen molar-refractivity contribution in [3.8, 4) is 11.8 Å². The van der Waals surface area contributed by atoms with Crippen LogP contribution in [-0.4, -0.2) is 35.9 Å². The standard InChI is InChI=1S/C22H18ClN7OS/c1-14(25)15(10-24)20(31)12-32-22-28-27-21(30(22)18-8-4-2-6-16(18)23)11-29-13-26-17-7-3-5-9-19(17)29/h2-9,13,15H,1,11-12,25H2/t15-/m0/s1. The van der Waals surface area contributed by atoms with Gasteiger partial charge in [0.25, 0.3) is 0 Å². The molecule has 4 aromatic rings. The zero-order chi connectivity index (χ0) is 22.7. The third-order valence-corrected chi connectivity index (χ3v) is 6.07. The number of allylic oxidation sites excluding steroid dienone is 1. The van der Waals surface area contributed by atoms with E-state index in [9.17, 15) is 10.1 Å². The average molecular weight is 464 g/mol. The molecule has 1 atom stereocenters. The second kappa shape index (κ2) is 9.26. The number of nitrogens with two attached hydrogens (primary N) is 1. The van der Waals surface area contributed by atoms with Crippen molar-refractivity contribution in [3.05, 3.63) is 78.0 Å². The number of hydrogen-bond acceptors (Lipinski definition) is 7. The van der Waals surface area contributed by atoms with Gasteiger partial charge in [-0.05, 0) is 24.3 Å². The lowest BCUT2D eigenvalue weighted by molar-refractivity contribution is -0.117. The number of nitrogens with zero attached hydrogens (tertiary/aromatic N) is 6. The largest absolute Gasteiger partial charge is 0.401 e. The van der Waals surface area contributed by atoms with Crippen molar-refractivity contribution >= 4 is 40.2 Å². The molecule has 0 saturated carbocycles. The van der Waals surface area contributed by atoms with Gasteiger partial charge in [-0.2, -0.15) is 5.26 Å². The van der Waals surface area contributed by atoms with Crippen LogP contribution < -0.4 is 5.73 Å². The molecule has 0 radical (unpaired) electrons. The van der Waals surface area contributed by atoms with Crippen LogP contribution in [0.3, 0.4) is 0 Å². The molecule has 0 spiro atoms. The van der Waals surface area contributed by atoms with E-state index in [1.54, 1.807) is 12.4 Å². The number of aromatic nitrogens is 5. The third kappa shape index (κ3) is 4.23. The number of hydrogen-bond donors (Lipinski definition) is 1. The zero-order valence-electron chi connectivity index (χ0n) is 16.8. The molecular formula is C22H18ClN7OS. The van der Waals surface area contributed by atoms with Crippen LogP contribution in [0.4, 0.5) is 0 Å². The molecule has 0 fully saturated rings. The van der Waals surface area contributed by atoms with Gasteiger partial charge in [0.05, 0.1) is 46.4 Å². The third-order valence-electron chi connectivity index (χ3n) is 4.80. The Morgan fingerprint density at radius 3 is 2.72 bits per heavy atom. The molecule has 160 valence electrons. The average Bonchev–Trinajstić information content (AvgIpc) is 3.37. The van der Waals surface area contributed by atoms with Crippen LogP contribution >= 0.6 is 23.4 Å². The first-order valence-electron chi connectivity index (χ1n) is 9.58. The number of benzene rings is 2. The highest BCUT2D eigenvalue weighted by Gasteiger charge is 2.23. The molecule has 8 nitrogen and oxygen atoms in total. The van der Waals surface area contributed by atoms with Crippen LogP contribution in [0.2, 0.25) is 5.02 Å². The molecule has 0 aliphatic rings.